The van der Waals surface area contributed by atoms with Crippen molar-refractivity contribution in [2.45, 2.75) is 31.9 Å². The van der Waals surface area contributed by atoms with Gasteiger partial charge in [-0.3, -0.25) is 9.78 Å². The van der Waals surface area contributed by atoms with Crippen molar-refractivity contribution in [3.8, 4) is 5.75 Å². The highest BCUT2D eigenvalue weighted by atomic mass is 16.5. The maximum atomic E-state index is 13.4. The first kappa shape index (κ1) is 21.0. The molecule has 0 radical (unpaired) electrons. The van der Waals surface area contributed by atoms with Crippen LogP contribution in [0.25, 0.3) is 11.0 Å². The molecule has 162 valence electrons. The van der Waals surface area contributed by atoms with Crippen molar-refractivity contribution in [3.05, 3.63) is 59.1 Å². The Morgan fingerprint density at radius 2 is 2.13 bits per heavy atom. The van der Waals surface area contributed by atoms with Gasteiger partial charge in [0.2, 0.25) is 0 Å². The van der Waals surface area contributed by atoms with E-state index in [1.54, 1.807) is 45.4 Å². The summed E-state index contributed by atoms with van der Waals surface area (Å²) in [5.41, 5.74) is 8.42. The molecule has 8 heteroatoms. The fraction of sp³-hybridized carbons (Fsp3) is 0.348. The number of hydrogen-bond acceptors (Lipinski definition) is 6. The number of likely N-dealkylation sites (N-methyl/N-ethyl adjacent to an activating group) is 1. The number of fused-ring (bicyclic) bond motifs is 2. The van der Waals surface area contributed by atoms with Gasteiger partial charge in [0.1, 0.15) is 35.4 Å². The SMILES string of the molecule is Cc1oc2ccc(OC3CCc4cccnc43)cc2c1C(=O)[N+](C)(C)C(CO)C(N)=O. The van der Waals surface area contributed by atoms with Gasteiger partial charge in [-0.25, -0.2) is 9.28 Å². The van der Waals surface area contributed by atoms with Gasteiger partial charge < -0.3 is 20.0 Å². The third-order valence-corrected chi connectivity index (χ3v) is 6.04. The summed E-state index contributed by atoms with van der Waals surface area (Å²) in [6, 6.07) is 8.25. The standard InChI is InChI=1S/C23H25N3O5/c1-13-20(23(29)26(2,3)17(12-27)22(24)28)16-11-15(7-9-18(16)30-13)31-19-8-6-14-5-4-10-25-21(14)19/h4-5,7,9-11,17,19,27H,6,8,12H2,1-3H3,(H-,24,28)/p+1. The van der Waals surface area contributed by atoms with E-state index in [1.165, 1.54) is 5.56 Å². The lowest BCUT2D eigenvalue weighted by Gasteiger charge is -2.32. The summed E-state index contributed by atoms with van der Waals surface area (Å²) in [4.78, 5) is 29.7. The third kappa shape index (κ3) is 3.58. The van der Waals surface area contributed by atoms with Gasteiger partial charge in [0.25, 0.3) is 5.91 Å². The molecular formula is C23H26N3O5+. The monoisotopic (exact) mass is 424 g/mol. The second-order valence-corrected chi connectivity index (χ2v) is 8.33. The van der Waals surface area contributed by atoms with Crippen molar-refractivity contribution >= 4 is 22.8 Å². The number of aliphatic hydroxyl groups excluding tert-OH is 1. The summed E-state index contributed by atoms with van der Waals surface area (Å²) < 4.78 is 11.6. The summed E-state index contributed by atoms with van der Waals surface area (Å²) >= 11 is 0. The molecule has 0 spiro atoms. The van der Waals surface area contributed by atoms with Crippen LogP contribution in [0.15, 0.2) is 40.9 Å². The molecule has 2 heterocycles. The number of ether oxygens (including phenoxy) is 1. The lowest BCUT2D eigenvalue weighted by molar-refractivity contribution is -0.825. The number of amides is 2. The fourth-order valence-corrected chi connectivity index (χ4v) is 4.23. The number of benzene rings is 1. The topological polar surface area (TPSA) is 116 Å². The highest BCUT2D eigenvalue weighted by molar-refractivity contribution is 6.05. The van der Waals surface area contributed by atoms with Crippen LogP contribution in [0, 0.1) is 6.92 Å². The fourth-order valence-electron chi connectivity index (χ4n) is 4.23. The number of furan rings is 1. The van der Waals surface area contributed by atoms with Gasteiger partial charge in [0, 0.05) is 11.6 Å². The molecule has 4 rings (SSSR count). The van der Waals surface area contributed by atoms with Crippen LogP contribution in [0.2, 0.25) is 0 Å². The van der Waals surface area contributed by atoms with Crippen LogP contribution in [0.5, 0.6) is 5.75 Å². The molecule has 8 nitrogen and oxygen atoms in total. The predicted molar refractivity (Wildman–Crippen MR) is 113 cm³/mol. The number of nitrogens with zero attached hydrogens (tertiary/aromatic N) is 2. The van der Waals surface area contributed by atoms with Crippen LogP contribution in [0.1, 0.15) is 39.9 Å². The van der Waals surface area contributed by atoms with Gasteiger partial charge in [-0.1, -0.05) is 6.07 Å². The van der Waals surface area contributed by atoms with Crippen LogP contribution in [0.4, 0.5) is 0 Å². The van der Waals surface area contributed by atoms with Crippen molar-refractivity contribution in [2.75, 3.05) is 20.7 Å². The Kier molecular flexibility index (Phi) is 5.28. The molecule has 0 fully saturated rings. The highest BCUT2D eigenvalue weighted by Crippen LogP contribution is 2.36. The van der Waals surface area contributed by atoms with Crippen LogP contribution >= 0.6 is 0 Å². The highest BCUT2D eigenvalue weighted by Gasteiger charge is 2.42. The molecule has 31 heavy (non-hydrogen) atoms. The first-order valence-electron chi connectivity index (χ1n) is 10.2. The summed E-state index contributed by atoms with van der Waals surface area (Å²) in [5, 5.41) is 10.2. The lowest BCUT2D eigenvalue weighted by Crippen LogP contribution is -2.60. The first-order chi connectivity index (χ1) is 14.7. The molecule has 1 aromatic carbocycles. The molecule has 0 saturated heterocycles. The van der Waals surface area contributed by atoms with Crippen molar-refractivity contribution in [1.82, 2.24) is 4.98 Å². The van der Waals surface area contributed by atoms with E-state index in [-0.39, 0.29) is 12.0 Å². The zero-order valence-corrected chi connectivity index (χ0v) is 17.8. The molecule has 2 aromatic heterocycles. The van der Waals surface area contributed by atoms with E-state index >= 15 is 0 Å². The van der Waals surface area contributed by atoms with Crippen molar-refractivity contribution in [3.63, 3.8) is 0 Å². The second kappa shape index (κ2) is 7.79. The Hall–Kier alpha value is -3.23. The van der Waals surface area contributed by atoms with Gasteiger partial charge in [-0.2, -0.15) is 0 Å². The van der Waals surface area contributed by atoms with Crippen LogP contribution < -0.4 is 10.5 Å². The van der Waals surface area contributed by atoms with Crippen LogP contribution in [0.3, 0.4) is 0 Å². The maximum Gasteiger partial charge on any atom is 0.350 e. The van der Waals surface area contributed by atoms with Gasteiger partial charge in [0.15, 0.2) is 6.04 Å². The van der Waals surface area contributed by atoms with E-state index in [2.05, 4.69) is 11.1 Å². The third-order valence-electron chi connectivity index (χ3n) is 6.04. The number of carbonyl (C=O) groups is 2. The number of carbonyl (C=O) groups excluding carboxylic acids is 2. The number of hydrogen-bond donors (Lipinski definition) is 2. The van der Waals surface area contributed by atoms with E-state index in [9.17, 15) is 14.7 Å². The maximum absolute atomic E-state index is 13.4. The average molecular weight is 424 g/mol. The summed E-state index contributed by atoms with van der Waals surface area (Å²) in [6.07, 6.45) is 3.35. The molecular weight excluding hydrogens is 398 g/mol. The molecule has 1 aliphatic carbocycles. The summed E-state index contributed by atoms with van der Waals surface area (Å²) in [7, 11) is 3.10. The first-order valence-corrected chi connectivity index (χ1v) is 10.2. The molecule has 0 aliphatic heterocycles. The Morgan fingerprint density at radius 3 is 2.84 bits per heavy atom. The van der Waals surface area contributed by atoms with E-state index in [0.29, 0.717) is 28.0 Å². The summed E-state index contributed by atoms with van der Waals surface area (Å²) in [6.45, 7) is 1.16. The van der Waals surface area contributed by atoms with E-state index in [1.807, 2.05) is 6.07 Å². The van der Waals surface area contributed by atoms with Crippen molar-refractivity contribution in [1.29, 1.82) is 0 Å². The van der Waals surface area contributed by atoms with Gasteiger partial charge in [-0.05, 0) is 49.6 Å². The van der Waals surface area contributed by atoms with Gasteiger partial charge in [-0.15, -0.1) is 0 Å². The molecule has 2 atom stereocenters. The summed E-state index contributed by atoms with van der Waals surface area (Å²) in [5.74, 6) is -0.0935. The molecule has 2 unspecified atom stereocenters. The van der Waals surface area contributed by atoms with Crippen LogP contribution in [-0.2, 0) is 11.2 Å². The quantitative estimate of drug-likeness (QED) is 0.587. The van der Waals surface area contributed by atoms with Crippen molar-refractivity contribution in [2.24, 2.45) is 5.73 Å². The number of aryl methyl sites for hydroxylation is 2. The average Bonchev–Trinajstić information content (AvgIpc) is 3.27. The van der Waals surface area contributed by atoms with Crippen LogP contribution in [-0.4, -0.2) is 53.1 Å². The van der Waals surface area contributed by atoms with E-state index in [0.717, 1.165) is 18.5 Å². The largest absolute Gasteiger partial charge is 0.484 e. The molecule has 3 N–H and O–H groups in total. The van der Waals surface area contributed by atoms with E-state index < -0.39 is 23.0 Å². The minimum atomic E-state index is -1.07. The number of rotatable bonds is 6. The Bertz CT molecular complexity index is 1170. The second-order valence-electron chi connectivity index (χ2n) is 8.33. The van der Waals surface area contributed by atoms with Gasteiger partial charge in [0.05, 0.1) is 19.8 Å². The Labute approximate surface area is 179 Å². The zero-order valence-electron chi connectivity index (χ0n) is 17.8. The zero-order chi connectivity index (χ0) is 22.3. The number of primary amides is 1. The number of quaternary nitrogens is 1. The number of aliphatic hydroxyl groups is 1. The smallest absolute Gasteiger partial charge is 0.350 e. The minimum Gasteiger partial charge on any atom is -0.484 e. The van der Waals surface area contributed by atoms with Gasteiger partial charge >= 0.3 is 5.91 Å². The lowest BCUT2D eigenvalue weighted by atomic mass is 10.1. The normalized spacial score (nSPS) is 16.8. The molecule has 2 amide bonds. The predicted octanol–water partition coefficient (Wildman–Crippen LogP) is 2.27. The number of pyridine rings is 1. The molecule has 0 saturated carbocycles. The number of nitrogens with two attached hydrogens (primary N) is 1. The minimum absolute atomic E-state index is 0.151. The Morgan fingerprint density at radius 1 is 1.35 bits per heavy atom. The van der Waals surface area contributed by atoms with E-state index in [4.69, 9.17) is 14.9 Å². The molecule has 0 bridgehead atoms. The molecule has 3 aromatic rings. The number of aromatic nitrogens is 1. The molecule has 1 aliphatic rings. The Balaban J connectivity index is 1.70. The van der Waals surface area contributed by atoms with Crippen molar-refractivity contribution < 1.29 is 28.3 Å².